The van der Waals surface area contributed by atoms with Crippen molar-refractivity contribution in [2.75, 3.05) is 10.6 Å². The van der Waals surface area contributed by atoms with Gasteiger partial charge in [0, 0.05) is 11.6 Å². The van der Waals surface area contributed by atoms with Crippen LogP contribution in [-0.4, -0.2) is 5.91 Å². The van der Waals surface area contributed by atoms with Gasteiger partial charge in [-0.1, -0.05) is 54.6 Å². The highest BCUT2D eigenvalue weighted by Gasteiger charge is 2.39. The fourth-order valence-electron chi connectivity index (χ4n) is 5.07. The van der Waals surface area contributed by atoms with Crippen molar-refractivity contribution in [1.82, 2.24) is 0 Å². The van der Waals surface area contributed by atoms with Crippen LogP contribution in [0.25, 0.3) is 0 Å². The van der Waals surface area contributed by atoms with E-state index in [1.165, 1.54) is 27.8 Å². The molecule has 3 unspecified atom stereocenters. The van der Waals surface area contributed by atoms with Crippen LogP contribution in [0.4, 0.5) is 11.4 Å². The molecule has 0 aromatic heterocycles. The van der Waals surface area contributed by atoms with Gasteiger partial charge in [0.25, 0.3) is 5.91 Å². The zero-order valence-electron chi connectivity index (χ0n) is 18.3. The van der Waals surface area contributed by atoms with Crippen LogP contribution in [0.15, 0.2) is 72.8 Å². The minimum atomic E-state index is -0.0726. The molecule has 1 aliphatic carbocycles. The summed E-state index contributed by atoms with van der Waals surface area (Å²) in [5.74, 6) is 0.721. The lowest BCUT2D eigenvalue weighted by Gasteiger charge is -2.39. The number of hydrogen-bond donors (Lipinski definition) is 2. The Morgan fingerprint density at radius 3 is 2.52 bits per heavy atom. The first-order valence-corrected chi connectivity index (χ1v) is 11.0. The Morgan fingerprint density at radius 1 is 0.903 bits per heavy atom. The van der Waals surface area contributed by atoms with Crippen LogP contribution in [-0.2, 0) is 0 Å². The maximum absolute atomic E-state index is 13.3. The summed E-state index contributed by atoms with van der Waals surface area (Å²) in [7, 11) is 0. The van der Waals surface area contributed by atoms with Crippen molar-refractivity contribution in [2.24, 2.45) is 5.92 Å². The maximum atomic E-state index is 13.3. The van der Waals surface area contributed by atoms with Crippen molar-refractivity contribution in [3.8, 4) is 0 Å². The van der Waals surface area contributed by atoms with E-state index in [0.29, 0.717) is 17.4 Å². The van der Waals surface area contributed by atoms with E-state index in [4.69, 9.17) is 0 Å². The first-order chi connectivity index (χ1) is 15.0. The second kappa shape index (κ2) is 7.73. The van der Waals surface area contributed by atoms with Gasteiger partial charge in [0.15, 0.2) is 0 Å². The number of carbonyl (C=O) groups excluding carboxylic acids is 1. The molecule has 3 atom stereocenters. The average Bonchev–Trinajstić information content (AvgIpc) is 3.26. The Kier molecular flexibility index (Phi) is 4.90. The van der Waals surface area contributed by atoms with Gasteiger partial charge in [0.1, 0.15) is 0 Å². The molecule has 0 spiro atoms. The SMILES string of the molecule is Cc1ccc(NC(=O)c2cccc3c2NC(c2ccccc2C)C2CC=CC32)cc1C. The molecule has 156 valence electrons. The average molecular weight is 409 g/mol. The number of benzene rings is 3. The van der Waals surface area contributed by atoms with Gasteiger partial charge >= 0.3 is 0 Å². The molecule has 1 amide bonds. The van der Waals surface area contributed by atoms with Crippen molar-refractivity contribution < 1.29 is 4.79 Å². The zero-order valence-corrected chi connectivity index (χ0v) is 18.3. The molecule has 3 heteroatoms. The van der Waals surface area contributed by atoms with E-state index in [1.54, 1.807) is 0 Å². The number of fused-ring (bicyclic) bond motifs is 3. The maximum Gasteiger partial charge on any atom is 0.257 e. The van der Waals surface area contributed by atoms with Gasteiger partial charge in [-0.05, 0) is 79.1 Å². The largest absolute Gasteiger partial charge is 0.377 e. The third kappa shape index (κ3) is 3.44. The van der Waals surface area contributed by atoms with Crippen molar-refractivity contribution in [3.05, 3.63) is 106 Å². The second-order valence-electron chi connectivity index (χ2n) is 8.86. The molecule has 2 aliphatic rings. The smallest absolute Gasteiger partial charge is 0.257 e. The highest BCUT2D eigenvalue weighted by molar-refractivity contribution is 6.08. The molecule has 31 heavy (non-hydrogen) atoms. The summed E-state index contributed by atoms with van der Waals surface area (Å²) >= 11 is 0. The monoisotopic (exact) mass is 408 g/mol. The van der Waals surface area contributed by atoms with Crippen LogP contribution in [0.5, 0.6) is 0 Å². The normalized spacial score (nSPS) is 21.2. The molecule has 0 saturated heterocycles. The van der Waals surface area contributed by atoms with Crippen LogP contribution in [0.2, 0.25) is 0 Å². The highest BCUT2D eigenvalue weighted by atomic mass is 16.1. The summed E-state index contributed by atoms with van der Waals surface area (Å²) in [4.78, 5) is 13.3. The Bertz CT molecular complexity index is 1190. The fraction of sp³-hybridized carbons (Fsp3) is 0.250. The number of nitrogens with one attached hydrogen (secondary N) is 2. The summed E-state index contributed by atoms with van der Waals surface area (Å²) < 4.78 is 0. The number of anilines is 2. The van der Waals surface area contributed by atoms with Crippen molar-refractivity contribution in [3.63, 3.8) is 0 Å². The van der Waals surface area contributed by atoms with Gasteiger partial charge in [0.05, 0.1) is 17.3 Å². The van der Waals surface area contributed by atoms with E-state index in [2.05, 4.69) is 73.9 Å². The molecule has 1 aliphatic heterocycles. The van der Waals surface area contributed by atoms with Crippen molar-refractivity contribution in [2.45, 2.75) is 39.2 Å². The number of aryl methyl sites for hydroxylation is 3. The first-order valence-electron chi connectivity index (χ1n) is 11.0. The van der Waals surface area contributed by atoms with Crippen molar-refractivity contribution >= 4 is 17.3 Å². The topological polar surface area (TPSA) is 41.1 Å². The first kappa shape index (κ1) is 19.6. The summed E-state index contributed by atoms with van der Waals surface area (Å²) in [5.41, 5.74) is 8.70. The second-order valence-corrected chi connectivity index (χ2v) is 8.86. The van der Waals surface area contributed by atoms with Crippen LogP contribution in [0, 0.1) is 26.7 Å². The van der Waals surface area contributed by atoms with E-state index in [1.807, 2.05) is 30.3 Å². The third-order valence-corrected chi connectivity index (χ3v) is 6.93. The number of allylic oxidation sites excluding steroid dienone is 2. The standard InChI is InChI=1S/C28H28N2O/c1-17-14-15-20(16-19(17)3)29-28(31)25-13-7-12-24-22-10-6-11-23(22)26(30-27(24)25)21-9-5-4-8-18(21)2/h4-10,12-16,22-23,26,30H,11H2,1-3H3,(H,29,31). The quantitative estimate of drug-likeness (QED) is 0.474. The minimum absolute atomic E-state index is 0.0726. The van der Waals surface area contributed by atoms with Gasteiger partial charge in [-0.3, -0.25) is 4.79 Å². The van der Waals surface area contributed by atoms with E-state index in [0.717, 1.165) is 17.8 Å². The van der Waals surface area contributed by atoms with Gasteiger partial charge in [-0.15, -0.1) is 0 Å². The van der Waals surface area contributed by atoms with E-state index in [9.17, 15) is 4.79 Å². The summed E-state index contributed by atoms with van der Waals surface area (Å²) in [6.45, 7) is 6.31. The fourth-order valence-corrected chi connectivity index (χ4v) is 5.07. The molecule has 1 heterocycles. The molecule has 3 aromatic rings. The van der Waals surface area contributed by atoms with Crippen LogP contribution < -0.4 is 10.6 Å². The van der Waals surface area contributed by atoms with Crippen LogP contribution in [0.3, 0.4) is 0 Å². The molecular weight excluding hydrogens is 380 g/mol. The number of hydrogen-bond acceptors (Lipinski definition) is 2. The molecule has 3 aromatic carbocycles. The van der Waals surface area contributed by atoms with E-state index >= 15 is 0 Å². The minimum Gasteiger partial charge on any atom is -0.377 e. The van der Waals surface area contributed by atoms with Crippen LogP contribution in [0.1, 0.15) is 56.6 Å². The Labute approximate surface area is 184 Å². The van der Waals surface area contributed by atoms with Crippen molar-refractivity contribution in [1.29, 1.82) is 0 Å². The van der Waals surface area contributed by atoms with Gasteiger partial charge in [-0.25, -0.2) is 0 Å². The summed E-state index contributed by atoms with van der Waals surface area (Å²) in [6, 6.07) is 20.9. The van der Waals surface area contributed by atoms with Gasteiger partial charge < -0.3 is 10.6 Å². The van der Waals surface area contributed by atoms with E-state index < -0.39 is 0 Å². The zero-order chi connectivity index (χ0) is 21.5. The van der Waals surface area contributed by atoms with Gasteiger partial charge in [-0.2, -0.15) is 0 Å². The number of amides is 1. The van der Waals surface area contributed by atoms with Gasteiger partial charge in [0.2, 0.25) is 0 Å². The summed E-state index contributed by atoms with van der Waals surface area (Å²) in [6.07, 6.45) is 5.66. The molecule has 2 N–H and O–H groups in total. The predicted octanol–water partition coefficient (Wildman–Crippen LogP) is 6.69. The summed E-state index contributed by atoms with van der Waals surface area (Å²) in [5, 5.41) is 6.89. The molecule has 0 radical (unpaired) electrons. The molecular formula is C28H28N2O. The molecule has 5 rings (SSSR count). The van der Waals surface area contributed by atoms with E-state index in [-0.39, 0.29) is 11.9 Å². The number of rotatable bonds is 3. The van der Waals surface area contributed by atoms with Crippen LogP contribution >= 0.6 is 0 Å². The Hall–Kier alpha value is -3.33. The molecule has 0 bridgehead atoms. The molecule has 0 saturated carbocycles. The Morgan fingerprint density at radius 2 is 1.71 bits per heavy atom. The molecule has 0 fully saturated rings. The lowest BCUT2D eigenvalue weighted by atomic mass is 9.75. The Balaban J connectivity index is 1.53. The number of para-hydroxylation sites is 1. The predicted molar refractivity (Wildman–Crippen MR) is 128 cm³/mol. The third-order valence-electron chi connectivity index (χ3n) is 6.93. The number of carbonyl (C=O) groups is 1. The lowest BCUT2D eigenvalue weighted by molar-refractivity contribution is 0.102. The highest BCUT2D eigenvalue weighted by Crippen LogP contribution is 2.51. The lowest BCUT2D eigenvalue weighted by Crippen LogP contribution is -2.31. The molecule has 3 nitrogen and oxygen atoms in total.